The molecule has 2 aromatic rings. The molecule has 2 aromatic carbocycles. The van der Waals surface area contributed by atoms with Crippen molar-refractivity contribution in [1.29, 1.82) is 0 Å². The van der Waals surface area contributed by atoms with Crippen LogP contribution in [0.3, 0.4) is 0 Å². The number of anilines is 1. The van der Waals surface area contributed by atoms with Crippen LogP contribution in [-0.2, 0) is 4.79 Å². The van der Waals surface area contributed by atoms with E-state index in [1.807, 2.05) is 0 Å². The molecule has 122 valence electrons. The monoisotopic (exact) mass is 325 g/mol. The zero-order valence-electron chi connectivity index (χ0n) is 13.1. The number of carboxylic acids is 1. The van der Waals surface area contributed by atoms with Gasteiger partial charge in [-0.15, -0.1) is 0 Å². The van der Waals surface area contributed by atoms with Crippen molar-refractivity contribution in [2.45, 2.75) is 0 Å². The first kappa shape index (κ1) is 15.6. The molecule has 0 atom stereocenters. The molecule has 0 radical (unpaired) electrons. The van der Waals surface area contributed by atoms with Crippen molar-refractivity contribution in [2.75, 3.05) is 19.5 Å². The van der Waals surface area contributed by atoms with Crippen LogP contribution in [0, 0.1) is 0 Å². The summed E-state index contributed by atoms with van der Waals surface area (Å²) in [6.07, 6.45) is 1.69. The fraction of sp³-hybridized carbons (Fsp3) is 0.111. The Morgan fingerprint density at radius 3 is 2.50 bits per heavy atom. The summed E-state index contributed by atoms with van der Waals surface area (Å²) in [6.45, 7) is 0. The molecule has 0 bridgehead atoms. The molecule has 6 nitrogen and oxygen atoms in total. The smallest absolute Gasteiger partial charge is 0.335 e. The Labute approximate surface area is 138 Å². The van der Waals surface area contributed by atoms with Crippen LogP contribution in [0.25, 0.3) is 11.6 Å². The molecule has 2 N–H and O–H groups in total. The molecule has 1 heterocycles. The van der Waals surface area contributed by atoms with Crippen LogP contribution in [0.15, 0.2) is 36.4 Å². The summed E-state index contributed by atoms with van der Waals surface area (Å²) >= 11 is 0. The number of ether oxygens (including phenoxy) is 2. The number of carboxylic acid groups (broad SMARTS) is 1. The number of aromatic carboxylic acids is 1. The van der Waals surface area contributed by atoms with Crippen LogP contribution < -0.4 is 14.8 Å². The van der Waals surface area contributed by atoms with Gasteiger partial charge in [-0.3, -0.25) is 4.79 Å². The van der Waals surface area contributed by atoms with Gasteiger partial charge in [0.2, 0.25) is 0 Å². The fourth-order valence-corrected chi connectivity index (χ4v) is 2.57. The topological polar surface area (TPSA) is 84.9 Å². The predicted octanol–water partition coefficient (Wildman–Crippen LogP) is 2.89. The van der Waals surface area contributed by atoms with Crippen molar-refractivity contribution in [2.24, 2.45) is 0 Å². The lowest BCUT2D eigenvalue weighted by Gasteiger charge is -2.08. The van der Waals surface area contributed by atoms with Crippen LogP contribution in [-0.4, -0.2) is 31.2 Å². The van der Waals surface area contributed by atoms with Crippen LogP contribution in [0.2, 0.25) is 0 Å². The largest absolute Gasteiger partial charge is 0.493 e. The first-order valence-corrected chi connectivity index (χ1v) is 7.16. The van der Waals surface area contributed by atoms with Gasteiger partial charge in [0.05, 0.1) is 19.8 Å². The van der Waals surface area contributed by atoms with Gasteiger partial charge in [-0.1, -0.05) is 6.07 Å². The Morgan fingerprint density at radius 2 is 1.83 bits per heavy atom. The van der Waals surface area contributed by atoms with E-state index in [1.165, 1.54) is 19.2 Å². The summed E-state index contributed by atoms with van der Waals surface area (Å²) in [5.41, 5.74) is 2.43. The summed E-state index contributed by atoms with van der Waals surface area (Å²) in [5.74, 6) is -0.182. The molecule has 0 aromatic heterocycles. The van der Waals surface area contributed by atoms with Crippen molar-refractivity contribution in [3.05, 3.63) is 53.1 Å². The molecule has 0 spiro atoms. The van der Waals surface area contributed by atoms with Gasteiger partial charge in [0.25, 0.3) is 5.91 Å². The second-order valence-electron chi connectivity index (χ2n) is 5.19. The maximum atomic E-state index is 12.2. The summed E-state index contributed by atoms with van der Waals surface area (Å²) in [7, 11) is 3.08. The Morgan fingerprint density at radius 1 is 1.08 bits per heavy atom. The molecule has 0 fully saturated rings. The van der Waals surface area contributed by atoms with Crippen molar-refractivity contribution in [3.8, 4) is 11.5 Å². The lowest BCUT2D eigenvalue weighted by molar-refractivity contribution is -0.110. The van der Waals surface area contributed by atoms with E-state index in [-0.39, 0.29) is 11.5 Å². The van der Waals surface area contributed by atoms with E-state index < -0.39 is 5.97 Å². The van der Waals surface area contributed by atoms with E-state index >= 15 is 0 Å². The van der Waals surface area contributed by atoms with Gasteiger partial charge in [-0.2, -0.15) is 0 Å². The van der Waals surface area contributed by atoms with Crippen molar-refractivity contribution < 1.29 is 24.2 Å². The van der Waals surface area contributed by atoms with E-state index in [4.69, 9.17) is 14.6 Å². The average molecular weight is 325 g/mol. The number of methoxy groups -OCH3 is 2. The number of benzene rings is 2. The highest BCUT2D eigenvalue weighted by molar-refractivity contribution is 6.35. The van der Waals surface area contributed by atoms with Gasteiger partial charge in [0.1, 0.15) is 0 Å². The third-order valence-electron chi connectivity index (χ3n) is 3.77. The lowest BCUT2D eigenvalue weighted by atomic mass is 10.0. The zero-order chi connectivity index (χ0) is 17.3. The number of nitrogens with one attached hydrogen (secondary N) is 1. The molecule has 0 saturated heterocycles. The molecular formula is C18H15NO5. The minimum Gasteiger partial charge on any atom is -0.493 e. The van der Waals surface area contributed by atoms with Gasteiger partial charge >= 0.3 is 5.97 Å². The summed E-state index contributed by atoms with van der Waals surface area (Å²) in [5, 5.41) is 11.9. The molecule has 1 aliphatic heterocycles. The van der Waals surface area contributed by atoms with E-state index in [2.05, 4.69) is 5.32 Å². The number of hydrogen-bond acceptors (Lipinski definition) is 4. The molecule has 1 amide bonds. The van der Waals surface area contributed by atoms with E-state index in [1.54, 1.807) is 37.5 Å². The van der Waals surface area contributed by atoms with Crippen LogP contribution in [0.4, 0.5) is 5.69 Å². The Kier molecular flexibility index (Phi) is 3.95. The summed E-state index contributed by atoms with van der Waals surface area (Å²) < 4.78 is 10.4. The van der Waals surface area contributed by atoms with Gasteiger partial charge < -0.3 is 19.9 Å². The van der Waals surface area contributed by atoms with Gasteiger partial charge in [-0.25, -0.2) is 4.79 Å². The number of carbonyl (C=O) groups excluding carboxylic acids is 1. The average Bonchev–Trinajstić information content (AvgIpc) is 2.89. The molecule has 0 saturated carbocycles. The van der Waals surface area contributed by atoms with Crippen LogP contribution in [0.1, 0.15) is 21.5 Å². The third kappa shape index (κ3) is 2.69. The predicted molar refractivity (Wildman–Crippen MR) is 89.4 cm³/mol. The Balaban J connectivity index is 2.07. The fourth-order valence-electron chi connectivity index (χ4n) is 2.57. The summed E-state index contributed by atoms with van der Waals surface area (Å²) in [6, 6.07) is 9.82. The Hall–Kier alpha value is -3.28. The van der Waals surface area contributed by atoms with E-state index in [9.17, 15) is 9.59 Å². The highest BCUT2D eigenvalue weighted by atomic mass is 16.5. The number of fused-ring (bicyclic) bond motifs is 1. The molecule has 0 unspecified atom stereocenters. The molecule has 6 heteroatoms. The lowest BCUT2D eigenvalue weighted by Crippen LogP contribution is -2.03. The summed E-state index contributed by atoms with van der Waals surface area (Å²) in [4.78, 5) is 23.4. The molecule has 0 aliphatic carbocycles. The molecular weight excluding hydrogens is 310 g/mol. The normalized spacial score (nSPS) is 14.2. The highest BCUT2D eigenvalue weighted by Gasteiger charge is 2.25. The van der Waals surface area contributed by atoms with Crippen LogP contribution >= 0.6 is 0 Å². The second kappa shape index (κ2) is 6.08. The quantitative estimate of drug-likeness (QED) is 0.844. The highest BCUT2D eigenvalue weighted by Crippen LogP contribution is 2.35. The standard InChI is InChI=1S/C18H15NO5/c1-23-15-6-3-10(8-16(15)24-2)7-13-12-9-11(18(21)22)4-5-14(12)19-17(13)20/h3-9H,1-2H3,(H,19,20)(H,21,22)/b13-7+. The van der Waals surface area contributed by atoms with E-state index in [0.29, 0.717) is 28.3 Å². The number of amides is 1. The minimum atomic E-state index is -1.04. The first-order valence-electron chi connectivity index (χ1n) is 7.16. The van der Waals surface area contributed by atoms with Gasteiger partial charge in [0, 0.05) is 16.8 Å². The second-order valence-corrected chi connectivity index (χ2v) is 5.19. The zero-order valence-corrected chi connectivity index (χ0v) is 13.1. The number of hydrogen-bond donors (Lipinski definition) is 2. The maximum Gasteiger partial charge on any atom is 0.335 e. The van der Waals surface area contributed by atoms with Crippen molar-refractivity contribution >= 4 is 29.2 Å². The van der Waals surface area contributed by atoms with Gasteiger partial charge in [-0.05, 0) is 42.0 Å². The van der Waals surface area contributed by atoms with E-state index in [0.717, 1.165) is 5.56 Å². The SMILES string of the molecule is COc1ccc(/C=C2/C(=O)Nc3ccc(C(=O)O)cc32)cc1OC. The van der Waals surface area contributed by atoms with Gasteiger partial charge in [0.15, 0.2) is 11.5 Å². The number of carbonyl (C=O) groups is 2. The number of rotatable bonds is 4. The van der Waals surface area contributed by atoms with Crippen molar-refractivity contribution in [1.82, 2.24) is 0 Å². The molecule has 3 rings (SSSR count). The molecule has 24 heavy (non-hydrogen) atoms. The third-order valence-corrected chi connectivity index (χ3v) is 3.77. The Bertz CT molecular complexity index is 870. The van der Waals surface area contributed by atoms with Crippen LogP contribution in [0.5, 0.6) is 11.5 Å². The maximum absolute atomic E-state index is 12.2. The minimum absolute atomic E-state index is 0.128. The van der Waals surface area contributed by atoms with Crippen molar-refractivity contribution in [3.63, 3.8) is 0 Å². The first-order chi connectivity index (χ1) is 11.5. The molecule has 1 aliphatic rings.